The average Bonchev–Trinajstić information content (AvgIpc) is 2.65. The van der Waals surface area contributed by atoms with E-state index in [1.807, 2.05) is 19.1 Å². The Labute approximate surface area is 106 Å². The Kier molecular flexibility index (Phi) is 1.84. The zero-order chi connectivity index (χ0) is 13.3. The molecule has 0 spiro atoms. The molecule has 18 heavy (non-hydrogen) atoms. The van der Waals surface area contributed by atoms with Crippen LogP contribution in [-0.2, 0) is 19.1 Å². The van der Waals surface area contributed by atoms with Crippen LogP contribution in [0.2, 0.25) is 0 Å². The fourth-order valence-electron chi connectivity index (χ4n) is 4.25. The summed E-state index contributed by atoms with van der Waals surface area (Å²) in [7, 11) is 2.75. The van der Waals surface area contributed by atoms with Gasteiger partial charge in [-0.2, -0.15) is 0 Å². The molecule has 3 aliphatic carbocycles. The smallest absolute Gasteiger partial charge is 0.334 e. The van der Waals surface area contributed by atoms with Gasteiger partial charge in [0.2, 0.25) is 0 Å². The van der Waals surface area contributed by atoms with Gasteiger partial charge in [0.25, 0.3) is 0 Å². The van der Waals surface area contributed by atoms with E-state index in [0.717, 1.165) is 0 Å². The summed E-state index contributed by atoms with van der Waals surface area (Å²) in [5, 5.41) is 0. The molecule has 0 aliphatic heterocycles. The molecule has 1 fully saturated rings. The number of fused-ring (bicyclic) bond motifs is 1. The van der Waals surface area contributed by atoms with E-state index in [2.05, 4.69) is 6.92 Å². The van der Waals surface area contributed by atoms with Crippen molar-refractivity contribution in [3.8, 4) is 0 Å². The molecule has 3 aliphatic rings. The monoisotopic (exact) mass is 248 g/mol. The maximum Gasteiger partial charge on any atom is 0.334 e. The number of rotatable bonds is 2. The van der Waals surface area contributed by atoms with Crippen molar-refractivity contribution in [1.82, 2.24) is 0 Å². The number of hydrogen-bond donors (Lipinski definition) is 0. The Hall–Kier alpha value is -1.58. The number of carbonyl (C=O) groups excluding carboxylic acids is 2. The molecule has 0 aromatic carbocycles. The van der Waals surface area contributed by atoms with Crippen molar-refractivity contribution in [3.05, 3.63) is 23.8 Å². The van der Waals surface area contributed by atoms with Gasteiger partial charge >= 0.3 is 11.9 Å². The van der Waals surface area contributed by atoms with Crippen molar-refractivity contribution in [2.24, 2.45) is 22.2 Å². The van der Waals surface area contributed by atoms with Crippen molar-refractivity contribution in [2.75, 3.05) is 14.2 Å². The van der Waals surface area contributed by atoms with Crippen LogP contribution in [0.15, 0.2) is 23.8 Å². The standard InChI is InChI=1S/C14H16O4/c1-12-5-6-14(11(16)18-4)7-8(9(15)17-3)13(12,2)10(12)14/h5-7,10H,1-4H3/t10?,12-,13+,14?/m1/s1. The minimum absolute atomic E-state index is 0.0825. The molecule has 3 rings (SSSR count). The lowest BCUT2D eigenvalue weighted by Crippen LogP contribution is -2.29. The highest BCUT2D eigenvalue weighted by atomic mass is 16.5. The van der Waals surface area contributed by atoms with Gasteiger partial charge in [0.1, 0.15) is 5.41 Å². The number of ether oxygens (including phenoxy) is 2. The summed E-state index contributed by atoms with van der Waals surface area (Å²) >= 11 is 0. The van der Waals surface area contributed by atoms with Gasteiger partial charge in [0.05, 0.1) is 14.2 Å². The lowest BCUT2D eigenvalue weighted by molar-refractivity contribution is -0.148. The van der Waals surface area contributed by atoms with E-state index in [9.17, 15) is 9.59 Å². The number of methoxy groups -OCH3 is 2. The van der Waals surface area contributed by atoms with Gasteiger partial charge in [-0.05, 0) is 0 Å². The number of carbonyl (C=O) groups is 2. The molecule has 0 radical (unpaired) electrons. The Balaban J connectivity index is 2.15. The quantitative estimate of drug-likeness (QED) is 0.548. The maximum atomic E-state index is 12.1. The molecule has 0 heterocycles. The van der Waals surface area contributed by atoms with Gasteiger partial charge in [-0.15, -0.1) is 0 Å². The minimum atomic E-state index is -0.776. The Morgan fingerprint density at radius 3 is 2.39 bits per heavy atom. The summed E-state index contributed by atoms with van der Waals surface area (Å²) in [6.45, 7) is 4.10. The van der Waals surface area contributed by atoms with Crippen LogP contribution in [-0.4, -0.2) is 26.2 Å². The molecule has 2 unspecified atom stereocenters. The fourth-order valence-corrected chi connectivity index (χ4v) is 4.25. The van der Waals surface area contributed by atoms with Crippen molar-refractivity contribution >= 4 is 11.9 Å². The molecule has 0 N–H and O–H groups in total. The first-order valence-corrected chi connectivity index (χ1v) is 5.99. The highest BCUT2D eigenvalue weighted by Crippen LogP contribution is 2.85. The molecule has 4 nitrogen and oxygen atoms in total. The Morgan fingerprint density at radius 2 is 1.83 bits per heavy atom. The van der Waals surface area contributed by atoms with Gasteiger partial charge < -0.3 is 9.47 Å². The summed E-state index contributed by atoms with van der Waals surface area (Å²) in [5.74, 6) is -0.560. The van der Waals surface area contributed by atoms with Crippen LogP contribution in [0.25, 0.3) is 0 Å². The van der Waals surface area contributed by atoms with E-state index < -0.39 is 5.41 Å². The third-order valence-electron chi connectivity index (χ3n) is 5.28. The highest BCUT2D eigenvalue weighted by Gasteiger charge is 2.85. The van der Waals surface area contributed by atoms with Gasteiger partial charge in [0, 0.05) is 22.3 Å². The second kappa shape index (κ2) is 2.87. The summed E-state index contributed by atoms with van der Waals surface area (Å²) in [5.41, 5.74) is -0.613. The van der Waals surface area contributed by atoms with Crippen LogP contribution in [0, 0.1) is 22.2 Å². The second-order valence-electron chi connectivity index (χ2n) is 5.73. The molecule has 0 aromatic heterocycles. The van der Waals surface area contributed by atoms with Gasteiger partial charge in [0.15, 0.2) is 0 Å². The average molecular weight is 248 g/mol. The van der Waals surface area contributed by atoms with Crippen molar-refractivity contribution in [1.29, 1.82) is 0 Å². The molecule has 4 atom stereocenters. The number of hydrogen-bond acceptors (Lipinski definition) is 4. The van der Waals surface area contributed by atoms with Crippen molar-refractivity contribution < 1.29 is 19.1 Å². The van der Waals surface area contributed by atoms with Gasteiger partial charge in [-0.25, -0.2) is 4.79 Å². The molecule has 0 bridgehead atoms. The zero-order valence-corrected chi connectivity index (χ0v) is 10.9. The Morgan fingerprint density at radius 1 is 1.17 bits per heavy atom. The molecular formula is C14H16O4. The summed E-state index contributed by atoms with van der Waals surface area (Å²) in [4.78, 5) is 24.0. The van der Waals surface area contributed by atoms with E-state index in [4.69, 9.17) is 9.47 Å². The van der Waals surface area contributed by atoms with Crippen molar-refractivity contribution in [2.45, 2.75) is 13.8 Å². The summed E-state index contributed by atoms with van der Waals surface area (Å²) in [6, 6.07) is 0. The van der Waals surface area contributed by atoms with Gasteiger partial charge in [-0.3, -0.25) is 4.79 Å². The predicted octanol–water partition coefficient (Wildman–Crippen LogP) is 1.47. The van der Waals surface area contributed by atoms with Crippen LogP contribution < -0.4 is 0 Å². The molecule has 0 amide bonds. The first kappa shape index (κ1) is 11.5. The minimum Gasteiger partial charge on any atom is -0.468 e. The second-order valence-corrected chi connectivity index (χ2v) is 5.73. The van der Waals surface area contributed by atoms with Crippen LogP contribution in [0.5, 0.6) is 0 Å². The molecule has 96 valence electrons. The summed E-state index contributed by atoms with van der Waals surface area (Å²) < 4.78 is 9.75. The first-order chi connectivity index (χ1) is 8.38. The van der Waals surface area contributed by atoms with Crippen LogP contribution in [0.3, 0.4) is 0 Å². The van der Waals surface area contributed by atoms with E-state index in [0.29, 0.717) is 5.57 Å². The molecule has 0 saturated heterocycles. The first-order valence-electron chi connectivity index (χ1n) is 5.99. The largest absolute Gasteiger partial charge is 0.468 e. The number of allylic oxidation sites excluding steroid dienone is 1. The lowest BCUT2D eigenvalue weighted by atomic mass is 9.85. The zero-order valence-electron chi connectivity index (χ0n) is 10.9. The fraction of sp³-hybridized carbons (Fsp3) is 0.571. The maximum absolute atomic E-state index is 12.1. The predicted molar refractivity (Wildman–Crippen MR) is 63.4 cm³/mol. The molecule has 0 aromatic rings. The van der Waals surface area contributed by atoms with Crippen LogP contribution >= 0.6 is 0 Å². The topological polar surface area (TPSA) is 52.6 Å². The van der Waals surface area contributed by atoms with Crippen LogP contribution in [0.4, 0.5) is 0 Å². The lowest BCUT2D eigenvalue weighted by Gasteiger charge is -2.20. The third kappa shape index (κ3) is 0.846. The van der Waals surface area contributed by atoms with Gasteiger partial charge in [-0.1, -0.05) is 32.1 Å². The molecule has 1 saturated carbocycles. The summed E-state index contributed by atoms with van der Waals surface area (Å²) in [6.07, 6.45) is 5.66. The number of esters is 2. The van der Waals surface area contributed by atoms with E-state index in [-0.39, 0.29) is 28.7 Å². The highest BCUT2D eigenvalue weighted by molar-refractivity contribution is 5.98. The molecular weight excluding hydrogens is 232 g/mol. The van der Waals surface area contributed by atoms with Crippen LogP contribution in [0.1, 0.15) is 13.8 Å². The van der Waals surface area contributed by atoms with E-state index in [1.165, 1.54) is 14.2 Å². The SMILES string of the molecule is COC(=O)C1=CC2(C(=O)OC)C=C[C@]3(C)C2[C@]13C. The Bertz CT molecular complexity index is 532. The van der Waals surface area contributed by atoms with E-state index >= 15 is 0 Å². The normalized spacial score (nSPS) is 46.4. The van der Waals surface area contributed by atoms with E-state index in [1.54, 1.807) is 6.08 Å². The third-order valence-corrected chi connectivity index (χ3v) is 5.28. The molecule has 4 heteroatoms. The van der Waals surface area contributed by atoms with Crippen molar-refractivity contribution in [3.63, 3.8) is 0 Å².